The molecule has 0 spiro atoms. The molecule has 2 rings (SSSR count). The van der Waals surface area contributed by atoms with Gasteiger partial charge in [-0.3, -0.25) is 4.79 Å². The minimum Gasteiger partial charge on any atom is -0.386 e. The van der Waals surface area contributed by atoms with E-state index in [4.69, 9.17) is 4.74 Å². The van der Waals surface area contributed by atoms with Crippen molar-refractivity contribution in [2.45, 2.75) is 22.4 Å². The summed E-state index contributed by atoms with van der Waals surface area (Å²) in [7, 11) is 0. The van der Waals surface area contributed by atoms with Gasteiger partial charge in [0.2, 0.25) is 0 Å². The van der Waals surface area contributed by atoms with Crippen LogP contribution in [0.5, 0.6) is 0 Å². The van der Waals surface area contributed by atoms with Crippen molar-refractivity contribution in [3.63, 3.8) is 0 Å². The normalized spacial score (nSPS) is 22.3. The van der Waals surface area contributed by atoms with Crippen LogP contribution in [0.15, 0.2) is 29.2 Å². The van der Waals surface area contributed by atoms with Gasteiger partial charge in [0.25, 0.3) is 5.91 Å². The lowest BCUT2D eigenvalue weighted by Gasteiger charge is -2.20. The van der Waals surface area contributed by atoms with Crippen molar-refractivity contribution < 1.29 is 27.8 Å². The quantitative estimate of drug-likeness (QED) is 0.835. The van der Waals surface area contributed by atoms with Gasteiger partial charge in [-0.25, -0.2) is 0 Å². The molecule has 1 saturated heterocycles. The van der Waals surface area contributed by atoms with E-state index in [0.717, 1.165) is 0 Å². The number of rotatable bonds is 4. The first-order valence-corrected chi connectivity index (χ1v) is 7.03. The van der Waals surface area contributed by atoms with Crippen LogP contribution in [0.3, 0.4) is 0 Å². The van der Waals surface area contributed by atoms with E-state index >= 15 is 0 Å². The molecule has 0 radical (unpaired) electrons. The van der Waals surface area contributed by atoms with Crippen LogP contribution in [0, 0.1) is 0 Å². The first-order valence-electron chi connectivity index (χ1n) is 6.22. The zero-order chi connectivity index (χ0) is 15.5. The molecular formula is C13H14F3NO3S. The summed E-state index contributed by atoms with van der Waals surface area (Å²) in [6, 6.07) is 5.11. The largest absolute Gasteiger partial charge is 0.446 e. The topological polar surface area (TPSA) is 58.6 Å². The first-order chi connectivity index (χ1) is 9.77. The highest BCUT2D eigenvalue weighted by atomic mass is 32.2. The van der Waals surface area contributed by atoms with Crippen molar-refractivity contribution >= 4 is 17.7 Å². The molecule has 1 fully saturated rings. The average molecular weight is 321 g/mol. The standard InChI is InChI=1S/C13H14F3NO3S/c14-13(15,16)21-10-3-1-9(2-4-10)11(18)17-7-12(19)5-6-20-8-12/h1-4,19H,5-8H2,(H,17,18). The zero-order valence-electron chi connectivity index (χ0n) is 10.9. The number of thioether (sulfide) groups is 1. The Morgan fingerprint density at radius 3 is 2.57 bits per heavy atom. The summed E-state index contributed by atoms with van der Waals surface area (Å²) in [5.74, 6) is -0.445. The van der Waals surface area contributed by atoms with E-state index < -0.39 is 17.0 Å². The number of hydrogen-bond donors (Lipinski definition) is 2. The number of alkyl halides is 3. The second kappa shape index (κ2) is 6.25. The lowest BCUT2D eigenvalue weighted by atomic mass is 10.0. The molecule has 1 unspecified atom stereocenters. The lowest BCUT2D eigenvalue weighted by molar-refractivity contribution is -0.0328. The van der Waals surface area contributed by atoms with Gasteiger partial charge in [-0.05, 0) is 36.0 Å². The van der Waals surface area contributed by atoms with Crippen molar-refractivity contribution in [2.24, 2.45) is 0 Å². The van der Waals surface area contributed by atoms with Crippen molar-refractivity contribution in [1.29, 1.82) is 0 Å². The van der Waals surface area contributed by atoms with Gasteiger partial charge >= 0.3 is 5.51 Å². The Hall–Kier alpha value is -1.25. The fraction of sp³-hybridized carbons (Fsp3) is 0.462. The van der Waals surface area contributed by atoms with Crippen molar-refractivity contribution in [1.82, 2.24) is 5.32 Å². The summed E-state index contributed by atoms with van der Waals surface area (Å²) in [6.07, 6.45) is 0.439. The van der Waals surface area contributed by atoms with E-state index in [9.17, 15) is 23.1 Å². The molecule has 0 saturated carbocycles. The lowest BCUT2D eigenvalue weighted by Crippen LogP contribution is -2.43. The van der Waals surface area contributed by atoms with Crippen molar-refractivity contribution in [3.05, 3.63) is 29.8 Å². The molecule has 1 aliphatic heterocycles. The Morgan fingerprint density at radius 1 is 1.38 bits per heavy atom. The van der Waals surface area contributed by atoms with Gasteiger partial charge < -0.3 is 15.2 Å². The summed E-state index contributed by atoms with van der Waals surface area (Å²) in [5.41, 5.74) is -5.18. The van der Waals surface area contributed by atoms with Gasteiger partial charge in [-0.15, -0.1) is 0 Å². The predicted molar refractivity (Wildman–Crippen MR) is 71.1 cm³/mol. The van der Waals surface area contributed by atoms with Gasteiger partial charge in [-0.1, -0.05) is 0 Å². The highest BCUT2D eigenvalue weighted by molar-refractivity contribution is 8.00. The number of ether oxygens (including phenoxy) is 1. The highest BCUT2D eigenvalue weighted by Crippen LogP contribution is 2.36. The summed E-state index contributed by atoms with van der Waals surface area (Å²) < 4.78 is 41.6. The van der Waals surface area contributed by atoms with E-state index in [0.29, 0.717) is 13.0 Å². The van der Waals surface area contributed by atoms with Gasteiger partial charge in [0, 0.05) is 30.0 Å². The Kier molecular flexibility index (Phi) is 4.80. The molecule has 1 aliphatic rings. The van der Waals surface area contributed by atoms with Gasteiger partial charge in [0.05, 0.1) is 6.61 Å². The zero-order valence-corrected chi connectivity index (χ0v) is 11.8. The molecule has 1 heterocycles. The fourth-order valence-electron chi connectivity index (χ4n) is 1.89. The van der Waals surface area contributed by atoms with E-state index in [1.807, 2.05) is 0 Å². The van der Waals surface area contributed by atoms with Crippen LogP contribution in [0.25, 0.3) is 0 Å². The molecule has 116 valence electrons. The number of hydrogen-bond acceptors (Lipinski definition) is 4. The van der Waals surface area contributed by atoms with E-state index in [-0.39, 0.29) is 35.4 Å². The second-order valence-corrected chi connectivity index (χ2v) is 5.92. The third-order valence-electron chi connectivity index (χ3n) is 3.01. The monoisotopic (exact) mass is 321 g/mol. The van der Waals surface area contributed by atoms with Crippen LogP contribution in [0.4, 0.5) is 13.2 Å². The fourth-order valence-corrected chi connectivity index (χ4v) is 2.43. The second-order valence-electron chi connectivity index (χ2n) is 4.78. The summed E-state index contributed by atoms with van der Waals surface area (Å²) >= 11 is -0.234. The molecule has 1 aromatic rings. The smallest absolute Gasteiger partial charge is 0.386 e. The van der Waals surface area contributed by atoms with E-state index in [1.165, 1.54) is 24.3 Å². The number of carbonyl (C=O) groups excluding carboxylic acids is 1. The van der Waals surface area contributed by atoms with Gasteiger partial charge in [0.15, 0.2) is 0 Å². The molecule has 4 nitrogen and oxygen atoms in total. The highest BCUT2D eigenvalue weighted by Gasteiger charge is 2.32. The predicted octanol–water partition coefficient (Wildman–Crippen LogP) is 2.18. The van der Waals surface area contributed by atoms with Crippen molar-refractivity contribution in [3.8, 4) is 0 Å². The molecule has 1 atom stereocenters. The number of nitrogens with one attached hydrogen (secondary N) is 1. The molecule has 2 N–H and O–H groups in total. The van der Waals surface area contributed by atoms with Crippen molar-refractivity contribution in [2.75, 3.05) is 19.8 Å². The van der Waals surface area contributed by atoms with Crippen LogP contribution in [0.1, 0.15) is 16.8 Å². The van der Waals surface area contributed by atoms with E-state index in [2.05, 4.69) is 5.32 Å². The minimum absolute atomic E-state index is 0.0156. The summed E-state index contributed by atoms with van der Waals surface area (Å²) in [5, 5.41) is 12.5. The number of benzene rings is 1. The molecule has 0 aliphatic carbocycles. The first kappa shape index (κ1) is 16.1. The Balaban J connectivity index is 1.90. The van der Waals surface area contributed by atoms with Crippen LogP contribution in [-0.2, 0) is 4.74 Å². The van der Waals surface area contributed by atoms with E-state index in [1.54, 1.807) is 0 Å². The van der Waals surface area contributed by atoms with Gasteiger partial charge in [0.1, 0.15) is 5.60 Å². The number of halogens is 3. The van der Waals surface area contributed by atoms with Crippen LogP contribution < -0.4 is 5.32 Å². The molecule has 0 bridgehead atoms. The van der Waals surface area contributed by atoms with Crippen LogP contribution in [-0.4, -0.2) is 41.9 Å². The Bertz CT molecular complexity index is 498. The third kappa shape index (κ3) is 4.90. The summed E-state index contributed by atoms with van der Waals surface area (Å²) in [6.45, 7) is 0.648. The minimum atomic E-state index is -4.35. The molecule has 1 amide bonds. The third-order valence-corrected chi connectivity index (χ3v) is 3.75. The number of amides is 1. The molecule has 1 aromatic carbocycles. The maximum absolute atomic E-state index is 12.2. The maximum Gasteiger partial charge on any atom is 0.446 e. The Labute approximate surface area is 123 Å². The molecular weight excluding hydrogens is 307 g/mol. The van der Waals surface area contributed by atoms with Crippen LogP contribution in [0.2, 0.25) is 0 Å². The average Bonchev–Trinajstić information content (AvgIpc) is 2.82. The van der Waals surface area contributed by atoms with Crippen LogP contribution >= 0.6 is 11.8 Å². The number of aliphatic hydroxyl groups is 1. The SMILES string of the molecule is O=C(NCC1(O)CCOC1)c1ccc(SC(F)(F)F)cc1. The molecule has 0 aromatic heterocycles. The maximum atomic E-state index is 12.2. The van der Waals surface area contributed by atoms with Gasteiger partial charge in [-0.2, -0.15) is 13.2 Å². The summed E-state index contributed by atoms with van der Waals surface area (Å²) in [4.78, 5) is 11.9. The molecule has 21 heavy (non-hydrogen) atoms. The Morgan fingerprint density at radius 2 is 2.05 bits per heavy atom. The molecule has 8 heteroatoms. The number of carbonyl (C=O) groups is 1.